The maximum atomic E-state index is 13.1. The number of urea groups is 1. The molecule has 1 fully saturated rings. The summed E-state index contributed by atoms with van der Waals surface area (Å²) in [5.41, 5.74) is 2.34. The number of nitrogens with one attached hydrogen (secondary N) is 3. The Hall–Kier alpha value is -3.92. The highest BCUT2D eigenvalue weighted by atomic mass is 16.5. The third kappa shape index (κ3) is 5.29. The van der Waals surface area contributed by atoms with Crippen molar-refractivity contribution in [2.45, 2.75) is 18.9 Å². The topological polar surface area (TPSA) is 120 Å². The van der Waals surface area contributed by atoms with Crippen molar-refractivity contribution in [2.24, 2.45) is 0 Å². The summed E-state index contributed by atoms with van der Waals surface area (Å²) >= 11 is 0. The van der Waals surface area contributed by atoms with Crippen molar-refractivity contribution in [3.63, 3.8) is 0 Å². The molecule has 3 rings (SSSR count). The lowest BCUT2D eigenvalue weighted by molar-refractivity contribution is -0.140. The molecule has 0 unspecified atom stereocenters. The second-order valence-electron chi connectivity index (χ2n) is 7.68. The Labute approximate surface area is 191 Å². The molecule has 1 heterocycles. The molecule has 1 atom stereocenters. The average molecular weight is 453 g/mol. The molecule has 10 nitrogen and oxygen atoms in total. The standard InChI is InChI=1S/C23H27N5O5/c1-4-23(16-8-6-5-7-9-16)21(31)28(22(32)25-23)26-20(30)15-27(2)14-19(29)24-17-10-12-18(33-3)13-11-17/h5-13H,4,14-15H2,1-3H3,(H,24,29)(H,25,32)(H,26,30)/t23-/m0/s1. The minimum absolute atomic E-state index is 0.0670. The van der Waals surface area contributed by atoms with Gasteiger partial charge >= 0.3 is 6.03 Å². The Kier molecular flexibility index (Phi) is 7.29. The van der Waals surface area contributed by atoms with Crippen LogP contribution in [0.5, 0.6) is 5.75 Å². The van der Waals surface area contributed by atoms with Crippen LogP contribution in [0.1, 0.15) is 18.9 Å². The van der Waals surface area contributed by atoms with E-state index in [9.17, 15) is 19.2 Å². The number of carbonyl (C=O) groups excluding carboxylic acids is 4. The van der Waals surface area contributed by atoms with Crippen molar-refractivity contribution in [1.82, 2.24) is 20.7 Å². The highest BCUT2D eigenvalue weighted by Crippen LogP contribution is 2.31. The minimum atomic E-state index is -1.24. The van der Waals surface area contributed by atoms with Gasteiger partial charge in [0, 0.05) is 5.69 Å². The SMILES string of the molecule is CC[C@@]1(c2ccccc2)NC(=O)N(NC(=O)CN(C)CC(=O)Nc2ccc(OC)cc2)C1=O. The number of benzene rings is 2. The van der Waals surface area contributed by atoms with Crippen LogP contribution in [0.3, 0.4) is 0 Å². The van der Waals surface area contributed by atoms with Crippen LogP contribution >= 0.6 is 0 Å². The first kappa shape index (κ1) is 23.7. The van der Waals surface area contributed by atoms with Crippen LogP contribution in [0.15, 0.2) is 54.6 Å². The number of rotatable bonds is 9. The first-order valence-corrected chi connectivity index (χ1v) is 10.4. The highest BCUT2D eigenvalue weighted by molar-refractivity contribution is 6.08. The minimum Gasteiger partial charge on any atom is -0.497 e. The fraction of sp³-hybridized carbons (Fsp3) is 0.304. The van der Waals surface area contributed by atoms with Crippen molar-refractivity contribution in [3.05, 3.63) is 60.2 Å². The highest BCUT2D eigenvalue weighted by Gasteiger charge is 2.52. The van der Waals surface area contributed by atoms with E-state index in [1.165, 1.54) is 4.90 Å². The van der Waals surface area contributed by atoms with Crippen LogP contribution in [0.25, 0.3) is 0 Å². The number of hydrogen-bond donors (Lipinski definition) is 3. The van der Waals surface area contributed by atoms with E-state index < -0.39 is 23.4 Å². The lowest BCUT2D eigenvalue weighted by Gasteiger charge is -2.25. The number of methoxy groups -OCH3 is 1. The Morgan fingerprint density at radius 1 is 1.03 bits per heavy atom. The normalized spacial score (nSPS) is 17.6. The molecule has 1 aliphatic heterocycles. The van der Waals surface area contributed by atoms with Gasteiger partial charge in [0.2, 0.25) is 5.91 Å². The molecule has 174 valence electrons. The number of nitrogens with zero attached hydrogens (tertiary/aromatic N) is 2. The van der Waals surface area contributed by atoms with Gasteiger partial charge in [-0.2, -0.15) is 5.01 Å². The van der Waals surface area contributed by atoms with Crippen LogP contribution < -0.4 is 20.8 Å². The van der Waals surface area contributed by atoms with Gasteiger partial charge in [0.15, 0.2) is 0 Å². The van der Waals surface area contributed by atoms with E-state index in [4.69, 9.17) is 4.74 Å². The number of ether oxygens (including phenoxy) is 1. The number of carbonyl (C=O) groups is 4. The third-order valence-electron chi connectivity index (χ3n) is 5.33. The zero-order valence-corrected chi connectivity index (χ0v) is 18.8. The summed E-state index contributed by atoms with van der Waals surface area (Å²) in [5.74, 6) is -0.811. The molecular weight excluding hydrogens is 426 g/mol. The lowest BCUT2D eigenvalue weighted by Crippen LogP contribution is -2.51. The molecule has 33 heavy (non-hydrogen) atoms. The van der Waals surface area contributed by atoms with Gasteiger partial charge in [0.05, 0.1) is 20.2 Å². The van der Waals surface area contributed by atoms with Crippen LogP contribution in [0.2, 0.25) is 0 Å². The molecule has 2 aromatic carbocycles. The molecule has 1 aliphatic rings. The molecule has 0 aromatic heterocycles. The monoisotopic (exact) mass is 453 g/mol. The maximum absolute atomic E-state index is 13.1. The summed E-state index contributed by atoms with van der Waals surface area (Å²) in [5, 5.41) is 6.12. The Morgan fingerprint density at radius 2 is 1.67 bits per heavy atom. The van der Waals surface area contributed by atoms with Gasteiger partial charge in [-0.1, -0.05) is 37.3 Å². The summed E-state index contributed by atoms with van der Waals surface area (Å²) in [6.07, 6.45) is 0.319. The molecule has 0 saturated carbocycles. The van der Waals surface area contributed by atoms with E-state index >= 15 is 0 Å². The molecule has 10 heteroatoms. The third-order valence-corrected chi connectivity index (χ3v) is 5.33. The summed E-state index contributed by atoms with van der Waals surface area (Å²) in [6, 6.07) is 15.0. The van der Waals surface area contributed by atoms with Gasteiger partial charge in [0.1, 0.15) is 11.3 Å². The maximum Gasteiger partial charge on any atom is 0.344 e. The summed E-state index contributed by atoms with van der Waals surface area (Å²) in [7, 11) is 3.14. The molecule has 1 saturated heterocycles. The molecule has 0 radical (unpaired) electrons. The summed E-state index contributed by atoms with van der Waals surface area (Å²) < 4.78 is 5.08. The van der Waals surface area contributed by atoms with E-state index in [1.807, 2.05) is 6.07 Å². The van der Waals surface area contributed by atoms with Crippen LogP contribution in [-0.4, -0.2) is 60.9 Å². The largest absolute Gasteiger partial charge is 0.497 e. The average Bonchev–Trinajstić information content (AvgIpc) is 3.05. The molecular formula is C23H27N5O5. The van der Waals surface area contributed by atoms with Crippen molar-refractivity contribution in [2.75, 3.05) is 32.6 Å². The molecule has 2 aromatic rings. The summed E-state index contributed by atoms with van der Waals surface area (Å²) in [6.45, 7) is 1.52. The van der Waals surface area contributed by atoms with Gasteiger partial charge in [-0.15, -0.1) is 0 Å². The van der Waals surface area contributed by atoms with Crippen molar-refractivity contribution < 1.29 is 23.9 Å². The molecule has 3 N–H and O–H groups in total. The predicted octanol–water partition coefficient (Wildman–Crippen LogP) is 1.45. The first-order chi connectivity index (χ1) is 15.8. The number of amides is 5. The number of anilines is 1. The number of likely N-dealkylation sites (N-methyl/N-ethyl adjacent to an activating group) is 1. The van der Waals surface area contributed by atoms with Gasteiger partial charge in [-0.25, -0.2) is 4.79 Å². The van der Waals surface area contributed by atoms with E-state index in [1.54, 1.807) is 69.6 Å². The Balaban J connectivity index is 1.55. The van der Waals surface area contributed by atoms with Crippen LogP contribution in [0.4, 0.5) is 10.5 Å². The fourth-order valence-corrected chi connectivity index (χ4v) is 3.62. The van der Waals surface area contributed by atoms with E-state index in [-0.39, 0.29) is 19.0 Å². The number of hydrogen-bond acceptors (Lipinski definition) is 6. The van der Waals surface area contributed by atoms with Crippen LogP contribution in [0, 0.1) is 0 Å². The molecule has 5 amide bonds. The van der Waals surface area contributed by atoms with Gasteiger partial charge in [0.25, 0.3) is 11.8 Å². The first-order valence-electron chi connectivity index (χ1n) is 10.4. The van der Waals surface area contributed by atoms with Gasteiger partial charge < -0.3 is 15.4 Å². The van der Waals surface area contributed by atoms with Crippen molar-refractivity contribution in [3.8, 4) is 5.75 Å². The van der Waals surface area contributed by atoms with Crippen molar-refractivity contribution >= 4 is 29.4 Å². The van der Waals surface area contributed by atoms with Gasteiger partial charge in [-0.3, -0.25) is 24.7 Å². The zero-order valence-electron chi connectivity index (χ0n) is 18.8. The van der Waals surface area contributed by atoms with E-state index in [0.717, 1.165) is 0 Å². The van der Waals surface area contributed by atoms with Crippen molar-refractivity contribution in [1.29, 1.82) is 0 Å². The predicted molar refractivity (Wildman–Crippen MR) is 121 cm³/mol. The Morgan fingerprint density at radius 3 is 2.27 bits per heavy atom. The van der Waals surface area contributed by atoms with E-state index in [2.05, 4.69) is 16.1 Å². The molecule has 0 spiro atoms. The molecule has 0 aliphatic carbocycles. The molecule has 0 bridgehead atoms. The Bertz CT molecular complexity index is 1030. The second-order valence-corrected chi connectivity index (χ2v) is 7.68. The van der Waals surface area contributed by atoms with Gasteiger partial charge in [-0.05, 0) is 43.3 Å². The van der Waals surface area contributed by atoms with Crippen LogP contribution in [-0.2, 0) is 19.9 Å². The second kappa shape index (κ2) is 10.1. The zero-order chi connectivity index (χ0) is 24.0. The fourth-order valence-electron chi connectivity index (χ4n) is 3.62. The summed E-state index contributed by atoms with van der Waals surface area (Å²) in [4.78, 5) is 51.7. The smallest absolute Gasteiger partial charge is 0.344 e. The number of imide groups is 1. The number of hydrazine groups is 1. The lowest BCUT2D eigenvalue weighted by atomic mass is 9.87. The van der Waals surface area contributed by atoms with E-state index in [0.29, 0.717) is 28.4 Å². The quantitative estimate of drug-likeness (QED) is 0.495.